The molecule has 2 saturated heterocycles. The quantitative estimate of drug-likeness (QED) is 0.100. The van der Waals surface area contributed by atoms with E-state index in [9.17, 15) is 33.9 Å². The van der Waals surface area contributed by atoms with Crippen molar-refractivity contribution in [1.82, 2.24) is 25.1 Å². The Bertz CT molecular complexity index is 1880. The van der Waals surface area contributed by atoms with E-state index >= 15 is 0 Å². The molecular weight excluding hydrogens is 721 g/mol. The molecule has 1 aromatic carbocycles. The molecule has 0 bridgehead atoms. The van der Waals surface area contributed by atoms with E-state index in [0.29, 0.717) is 0 Å². The maximum Gasteiger partial charge on any atom is 0.330 e. The molecule has 1 aromatic heterocycles. The number of rotatable bonds is 13. The van der Waals surface area contributed by atoms with E-state index in [2.05, 4.69) is 25.6 Å². The number of aliphatic hydroxyl groups is 1. The summed E-state index contributed by atoms with van der Waals surface area (Å²) in [5, 5.41) is 21.0. The second kappa shape index (κ2) is 16.8. The van der Waals surface area contributed by atoms with Gasteiger partial charge < -0.3 is 30.1 Å². The van der Waals surface area contributed by atoms with Gasteiger partial charge in [0.05, 0.1) is 23.4 Å². The van der Waals surface area contributed by atoms with Crippen LogP contribution in [-0.4, -0.2) is 96.4 Å². The van der Waals surface area contributed by atoms with Gasteiger partial charge in [-0.25, -0.2) is 4.79 Å². The van der Waals surface area contributed by atoms with Gasteiger partial charge in [-0.3, -0.25) is 33.5 Å². The molecule has 2 aliphatic rings. The van der Waals surface area contributed by atoms with Crippen molar-refractivity contribution in [2.45, 2.75) is 121 Å². The average molecular weight is 771 g/mol. The van der Waals surface area contributed by atoms with Crippen LogP contribution in [-0.2, 0) is 35.1 Å². The zero-order chi connectivity index (χ0) is 40.2. The smallest absolute Gasteiger partial charge is 0.330 e. The Labute approximate surface area is 317 Å². The van der Waals surface area contributed by atoms with Crippen molar-refractivity contribution in [2.75, 3.05) is 12.5 Å². The molecule has 0 saturated carbocycles. The van der Waals surface area contributed by atoms with Crippen molar-refractivity contribution in [3.05, 3.63) is 78.9 Å². The number of amides is 3. The van der Waals surface area contributed by atoms with E-state index in [1.807, 2.05) is 40.7 Å². The lowest BCUT2D eigenvalue weighted by Gasteiger charge is -2.35. The fraction of sp³-hybridized carbons (Fsp3) is 0.611. The summed E-state index contributed by atoms with van der Waals surface area (Å²) < 4.78 is 12.0. The molecule has 2 aliphatic heterocycles. The summed E-state index contributed by atoms with van der Waals surface area (Å²) in [5.74, 6) is -2.33. The summed E-state index contributed by atoms with van der Waals surface area (Å²) >= 11 is 1.41. The van der Waals surface area contributed by atoms with Crippen LogP contribution in [0.5, 0.6) is 0 Å². The van der Waals surface area contributed by atoms with Crippen LogP contribution in [0.4, 0.5) is 0 Å². The van der Waals surface area contributed by atoms with Crippen LogP contribution in [0.25, 0.3) is 10.4 Å². The van der Waals surface area contributed by atoms with E-state index < -0.39 is 81.3 Å². The molecule has 4 rings (SSSR count). The van der Waals surface area contributed by atoms with Gasteiger partial charge in [-0.2, -0.15) is 0 Å². The molecule has 0 radical (unpaired) electrons. The number of nitrogens with one attached hydrogen (secondary N) is 3. The molecule has 17 nitrogen and oxygen atoms in total. The van der Waals surface area contributed by atoms with Gasteiger partial charge in [0.2, 0.25) is 11.8 Å². The van der Waals surface area contributed by atoms with Crippen molar-refractivity contribution in [1.29, 1.82) is 0 Å². The number of ether oxygens (including phenoxy) is 2. The number of nitrogens with zero attached hydrogens (tertiary/aromatic N) is 5. The van der Waals surface area contributed by atoms with Crippen LogP contribution in [0.2, 0.25) is 0 Å². The topological polar surface area (TPSA) is 238 Å². The van der Waals surface area contributed by atoms with Crippen LogP contribution in [0, 0.1) is 12.3 Å². The molecule has 0 aliphatic carbocycles. The number of benzene rings is 1. The van der Waals surface area contributed by atoms with Gasteiger partial charge in [0.25, 0.3) is 11.5 Å². The zero-order valence-electron chi connectivity index (χ0n) is 31.8. The predicted molar refractivity (Wildman–Crippen MR) is 200 cm³/mol. The van der Waals surface area contributed by atoms with Gasteiger partial charge in [-0.1, -0.05) is 35.4 Å². The largest absolute Gasteiger partial charge is 0.462 e. The summed E-state index contributed by atoms with van der Waals surface area (Å²) in [6, 6.07) is 6.16. The minimum absolute atomic E-state index is 0.0724. The standard InChI is InChI=1S/C36H50N8O9S/c1-20-17-43(33(51)39-29(20)47)26-15-22(41-42-37)24(53-26)18-52-32(50)35(5,6)16-25(45)38-23(14-21-12-10-9-11-13-21)27(46)31(49)44-19-54-36(7,8)28(44)30(48)40-34(2,3)4/h9-13,17,22-24,26-28,46H,14-16,18-19H2,1-8H3,(H,38,45)(H,40,48)(H,39,47,51)/t22?,23-,24?,26?,27-,28+/m0/s1. The van der Waals surface area contributed by atoms with E-state index in [1.54, 1.807) is 24.3 Å². The first-order valence-corrected chi connectivity index (χ1v) is 18.6. The van der Waals surface area contributed by atoms with Crippen molar-refractivity contribution in [3.63, 3.8) is 0 Å². The van der Waals surface area contributed by atoms with Crippen LogP contribution < -0.4 is 21.9 Å². The summed E-state index contributed by atoms with van der Waals surface area (Å²) in [7, 11) is 0. The summed E-state index contributed by atoms with van der Waals surface area (Å²) in [6.07, 6.45) is -2.48. The zero-order valence-corrected chi connectivity index (χ0v) is 32.6. The van der Waals surface area contributed by atoms with Crippen LogP contribution in [0.15, 0.2) is 51.2 Å². The normalized spacial score (nSPS) is 22.1. The third-order valence-electron chi connectivity index (χ3n) is 9.25. The molecule has 294 valence electrons. The maximum atomic E-state index is 13.9. The van der Waals surface area contributed by atoms with Crippen LogP contribution in [0.1, 0.15) is 78.7 Å². The maximum absolute atomic E-state index is 13.9. The number of esters is 1. The minimum Gasteiger partial charge on any atom is -0.462 e. The number of H-pyrrole nitrogens is 1. The molecule has 2 aromatic rings. The van der Waals surface area contributed by atoms with Gasteiger partial charge in [0.15, 0.2) is 6.10 Å². The highest BCUT2D eigenvalue weighted by atomic mass is 32.2. The van der Waals surface area contributed by atoms with E-state index in [1.165, 1.54) is 48.2 Å². The van der Waals surface area contributed by atoms with Gasteiger partial charge in [-0.05, 0) is 72.9 Å². The second-order valence-corrected chi connectivity index (χ2v) is 17.5. The number of hydrogen-bond donors (Lipinski definition) is 4. The number of carbonyl (C=O) groups is 4. The SMILES string of the molecule is Cc1cn(C2CC(N=[N+]=[N-])C(COC(=O)C(C)(C)CC(=O)N[C@@H](Cc3ccccc3)[C@H](O)C(=O)N3CSC(C)(C)[C@H]3C(=O)NC(C)(C)C)O2)c(=O)[nH]c1=O. The first-order chi connectivity index (χ1) is 25.1. The van der Waals surface area contributed by atoms with Crippen molar-refractivity contribution in [3.8, 4) is 0 Å². The fourth-order valence-electron chi connectivity index (χ4n) is 6.41. The Balaban J connectivity index is 1.45. The molecule has 3 amide bonds. The lowest BCUT2D eigenvalue weighted by molar-refractivity contribution is -0.161. The Kier molecular flexibility index (Phi) is 13.1. The van der Waals surface area contributed by atoms with Crippen molar-refractivity contribution < 1.29 is 33.8 Å². The number of carbonyl (C=O) groups excluding carboxylic acids is 4. The Morgan fingerprint density at radius 2 is 1.83 bits per heavy atom. The van der Waals surface area contributed by atoms with E-state index in [4.69, 9.17) is 15.0 Å². The summed E-state index contributed by atoms with van der Waals surface area (Å²) in [6.45, 7) is 13.4. The first-order valence-electron chi connectivity index (χ1n) is 17.6. The lowest BCUT2D eigenvalue weighted by Crippen LogP contribution is -2.60. The molecule has 0 spiro atoms. The molecule has 18 heteroatoms. The second-order valence-electron chi connectivity index (χ2n) is 15.9. The van der Waals surface area contributed by atoms with Gasteiger partial charge in [0, 0.05) is 39.8 Å². The Hall–Kier alpha value is -4.64. The molecule has 54 heavy (non-hydrogen) atoms. The molecular formula is C36H50N8O9S. The van der Waals surface area contributed by atoms with Crippen molar-refractivity contribution in [2.24, 2.45) is 10.5 Å². The molecule has 2 fully saturated rings. The van der Waals surface area contributed by atoms with Crippen molar-refractivity contribution >= 4 is 35.5 Å². The molecule has 3 heterocycles. The number of aryl methyl sites for hydroxylation is 1. The van der Waals surface area contributed by atoms with Gasteiger partial charge in [-0.15, -0.1) is 11.8 Å². The van der Waals surface area contributed by atoms with E-state index in [-0.39, 0.29) is 43.2 Å². The average Bonchev–Trinajstić information content (AvgIpc) is 3.62. The van der Waals surface area contributed by atoms with E-state index in [0.717, 1.165) is 5.56 Å². The minimum atomic E-state index is -1.73. The highest BCUT2D eigenvalue weighted by Crippen LogP contribution is 2.40. The molecule has 3 unspecified atom stereocenters. The van der Waals surface area contributed by atoms with Crippen LogP contribution in [0.3, 0.4) is 0 Å². The highest BCUT2D eigenvalue weighted by Gasteiger charge is 2.50. The van der Waals surface area contributed by atoms with Crippen LogP contribution >= 0.6 is 11.8 Å². The Morgan fingerprint density at radius 1 is 1.17 bits per heavy atom. The summed E-state index contributed by atoms with van der Waals surface area (Å²) in [5.41, 5.74) is 6.89. The fourth-order valence-corrected chi connectivity index (χ4v) is 7.55. The van der Waals surface area contributed by atoms with Gasteiger partial charge in [0.1, 0.15) is 25.0 Å². The summed E-state index contributed by atoms with van der Waals surface area (Å²) in [4.78, 5) is 84.9. The van der Waals surface area contributed by atoms with Gasteiger partial charge >= 0.3 is 11.7 Å². The first kappa shape index (κ1) is 42.1. The lowest BCUT2D eigenvalue weighted by atomic mass is 9.88. The third kappa shape index (κ3) is 10.3. The number of hydrogen-bond acceptors (Lipinski definition) is 11. The molecule has 6 atom stereocenters. The number of aromatic nitrogens is 2. The molecule has 4 N–H and O–H groups in total. The Morgan fingerprint density at radius 3 is 2.46 bits per heavy atom. The third-order valence-corrected chi connectivity index (χ3v) is 10.6. The number of azide groups is 1. The number of aliphatic hydroxyl groups excluding tert-OH is 1. The number of thioether (sulfide) groups is 1. The predicted octanol–water partition coefficient (Wildman–Crippen LogP) is 2.45. The number of aromatic amines is 1. The monoisotopic (exact) mass is 770 g/mol. The highest BCUT2D eigenvalue weighted by molar-refractivity contribution is 8.00.